The van der Waals surface area contributed by atoms with Gasteiger partial charge < -0.3 is 4.74 Å². The zero-order valence-corrected chi connectivity index (χ0v) is 11.2. The van der Waals surface area contributed by atoms with Crippen molar-refractivity contribution >= 4 is 21.6 Å². The Kier molecular flexibility index (Phi) is 5.74. The van der Waals surface area contributed by atoms with Gasteiger partial charge >= 0.3 is 0 Å². The first-order valence-electron chi connectivity index (χ1n) is 5.30. The first-order chi connectivity index (χ1) is 8.10. The average molecular weight is 278 g/mol. The topological polar surface area (TPSA) is 55.4 Å². The molecule has 1 N–H and O–H groups in total. The Bertz CT molecular complexity index is 431. The Hall–Kier alpha value is -0.780. The van der Waals surface area contributed by atoms with Crippen LogP contribution in [0.2, 0.25) is 0 Å². The van der Waals surface area contributed by atoms with Crippen molar-refractivity contribution in [2.24, 2.45) is 0 Å². The second-order valence-electron chi connectivity index (χ2n) is 3.47. The maximum absolute atomic E-state index is 11.8. The number of hydrogen-bond donors (Lipinski definition) is 1. The van der Waals surface area contributed by atoms with Crippen molar-refractivity contribution in [3.63, 3.8) is 0 Å². The van der Waals surface area contributed by atoms with E-state index in [9.17, 15) is 8.42 Å². The molecule has 0 heterocycles. The molecular weight excluding hydrogens is 262 g/mol. The summed E-state index contributed by atoms with van der Waals surface area (Å²) in [5, 5.41) is 0. The van der Waals surface area contributed by atoms with Gasteiger partial charge in [0.15, 0.2) is 0 Å². The zero-order chi connectivity index (χ0) is 12.7. The van der Waals surface area contributed by atoms with Crippen LogP contribution in [0, 0.1) is 0 Å². The summed E-state index contributed by atoms with van der Waals surface area (Å²) in [6.07, 6.45) is 1.53. The molecule has 0 bridgehead atoms. The highest BCUT2D eigenvalue weighted by atomic mass is 35.5. The molecule has 1 rings (SSSR count). The number of unbranched alkanes of at least 4 members (excludes halogenated alkanes) is 1. The lowest BCUT2D eigenvalue weighted by molar-refractivity contribution is 0.414. The van der Waals surface area contributed by atoms with Gasteiger partial charge in [0.1, 0.15) is 5.75 Å². The number of sulfonamides is 1. The van der Waals surface area contributed by atoms with E-state index in [1.807, 2.05) is 0 Å². The molecule has 0 saturated carbocycles. The second-order valence-corrected chi connectivity index (χ2v) is 5.61. The van der Waals surface area contributed by atoms with Crippen LogP contribution in [-0.2, 0) is 10.0 Å². The van der Waals surface area contributed by atoms with Crippen LogP contribution < -0.4 is 9.46 Å². The number of ether oxygens (including phenoxy) is 1. The molecule has 0 radical (unpaired) electrons. The molecular formula is C11H16ClNO3S. The number of methoxy groups -OCH3 is 1. The van der Waals surface area contributed by atoms with Gasteiger partial charge in [0.2, 0.25) is 10.0 Å². The fourth-order valence-electron chi connectivity index (χ4n) is 1.26. The van der Waals surface area contributed by atoms with E-state index in [0.717, 1.165) is 12.8 Å². The number of rotatable bonds is 7. The van der Waals surface area contributed by atoms with Gasteiger partial charge in [-0.3, -0.25) is 0 Å². The van der Waals surface area contributed by atoms with Crippen molar-refractivity contribution in [3.8, 4) is 5.75 Å². The predicted molar refractivity (Wildman–Crippen MR) is 68.1 cm³/mol. The van der Waals surface area contributed by atoms with E-state index in [2.05, 4.69) is 4.72 Å². The molecule has 0 atom stereocenters. The Morgan fingerprint density at radius 3 is 2.41 bits per heavy atom. The van der Waals surface area contributed by atoms with Gasteiger partial charge in [-0.1, -0.05) is 0 Å². The summed E-state index contributed by atoms with van der Waals surface area (Å²) in [6, 6.07) is 6.27. The summed E-state index contributed by atoms with van der Waals surface area (Å²) in [4.78, 5) is 0.240. The highest BCUT2D eigenvalue weighted by molar-refractivity contribution is 7.89. The first kappa shape index (κ1) is 14.3. The standard InChI is InChI=1S/C11H16ClNO3S/c1-16-10-4-6-11(7-5-10)17(14,15)13-9-3-2-8-12/h4-7,13H,2-3,8-9H2,1H3. The molecule has 17 heavy (non-hydrogen) atoms. The lowest BCUT2D eigenvalue weighted by Crippen LogP contribution is -2.24. The van der Waals surface area contributed by atoms with Gasteiger partial charge in [0.05, 0.1) is 12.0 Å². The van der Waals surface area contributed by atoms with Crippen LogP contribution in [0.15, 0.2) is 29.2 Å². The van der Waals surface area contributed by atoms with Crippen molar-refractivity contribution in [2.45, 2.75) is 17.7 Å². The minimum atomic E-state index is -3.41. The number of nitrogens with one attached hydrogen (secondary N) is 1. The third-order valence-corrected chi connectivity index (χ3v) is 3.97. The van der Waals surface area contributed by atoms with E-state index < -0.39 is 10.0 Å². The van der Waals surface area contributed by atoms with E-state index in [1.165, 1.54) is 19.2 Å². The molecule has 1 aromatic rings. The van der Waals surface area contributed by atoms with Crippen molar-refractivity contribution in [3.05, 3.63) is 24.3 Å². The largest absolute Gasteiger partial charge is 0.497 e. The number of alkyl halides is 1. The molecule has 0 aliphatic heterocycles. The van der Waals surface area contributed by atoms with E-state index in [4.69, 9.17) is 16.3 Å². The SMILES string of the molecule is COc1ccc(S(=O)(=O)NCCCCCl)cc1. The number of halogens is 1. The summed E-state index contributed by atoms with van der Waals surface area (Å²) in [7, 11) is -1.88. The van der Waals surface area contributed by atoms with Gasteiger partial charge in [-0.25, -0.2) is 13.1 Å². The van der Waals surface area contributed by atoms with E-state index in [0.29, 0.717) is 18.2 Å². The molecule has 0 amide bonds. The fraction of sp³-hybridized carbons (Fsp3) is 0.455. The Labute approximate surface area is 107 Å². The molecule has 0 saturated heterocycles. The van der Waals surface area contributed by atoms with Crippen LogP contribution >= 0.6 is 11.6 Å². The summed E-state index contributed by atoms with van der Waals surface area (Å²) in [6.45, 7) is 0.404. The van der Waals surface area contributed by atoms with Crippen LogP contribution in [0.1, 0.15) is 12.8 Å². The van der Waals surface area contributed by atoms with Crippen LogP contribution in [-0.4, -0.2) is 28.0 Å². The third-order valence-electron chi connectivity index (χ3n) is 2.22. The second kappa shape index (κ2) is 6.83. The zero-order valence-electron chi connectivity index (χ0n) is 9.65. The number of benzene rings is 1. The van der Waals surface area contributed by atoms with Gasteiger partial charge in [-0.15, -0.1) is 11.6 Å². The number of hydrogen-bond acceptors (Lipinski definition) is 3. The molecule has 4 nitrogen and oxygen atoms in total. The average Bonchev–Trinajstić information content (AvgIpc) is 2.35. The van der Waals surface area contributed by atoms with Crippen molar-refractivity contribution in [1.29, 1.82) is 0 Å². The predicted octanol–water partition coefficient (Wildman–Crippen LogP) is 1.99. The van der Waals surface area contributed by atoms with Crippen molar-refractivity contribution in [2.75, 3.05) is 19.5 Å². The Morgan fingerprint density at radius 2 is 1.88 bits per heavy atom. The lowest BCUT2D eigenvalue weighted by atomic mass is 10.3. The smallest absolute Gasteiger partial charge is 0.240 e. The Balaban J connectivity index is 2.62. The summed E-state index contributed by atoms with van der Waals surface area (Å²) >= 11 is 5.51. The fourth-order valence-corrected chi connectivity index (χ4v) is 2.53. The monoisotopic (exact) mass is 277 g/mol. The maximum atomic E-state index is 11.8. The lowest BCUT2D eigenvalue weighted by Gasteiger charge is -2.06. The molecule has 0 spiro atoms. The maximum Gasteiger partial charge on any atom is 0.240 e. The first-order valence-corrected chi connectivity index (χ1v) is 7.31. The van der Waals surface area contributed by atoms with Gasteiger partial charge in [-0.2, -0.15) is 0 Å². The van der Waals surface area contributed by atoms with Crippen LogP contribution in [0.25, 0.3) is 0 Å². The van der Waals surface area contributed by atoms with Gasteiger partial charge in [0, 0.05) is 12.4 Å². The molecule has 0 aliphatic carbocycles. The molecule has 6 heteroatoms. The van der Waals surface area contributed by atoms with Crippen LogP contribution in [0.4, 0.5) is 0 Å². The Morgan fingerprint density at radius 1 is 1.24 bits per heavy atom. The summed E-state index contributed by atoms with van der Waals surface area (Å²) < 4.78 is 31.1. The molecule has 1 aromatic carbocycles. The van der Waals surface area contributed by atoms with E-state index in [1.54, 1.807) is 12.1 Å². The molecule has 96 valence electrons. The molecule has 0 aliphatic rings. The minimum Gasteiger partial charge on any atom is -0.497 e. The highest BCUT2D eigenvalue weighted by Crippen LogP contribution is 2.15. The highest BCUT2D eigenvalue weighted by Gasteiger charge is 2.12. The quantitative estimate of drug-likeness (QED) is 0.613. The third kappa shape index (κ3) is 4.53. The van der Waals surface area contributed by atoms with Crippen molar-refractivity contribution < 1.29 is 13.2 Å². The summed E-state index contributed by atoms with van der Waals surface area (Å²) in [5.74, 6) is 1.18. The van der Waals surface area contributed by atoms with Crippen LogP contribution in [0.3, 0.4) is 0 Å². The molecule has 0 unspecified atom stereocenters. The van der Waals surface area contributed by atoms with Crippen LogP contribution in [0.5, 0.6) is 5.75 Å². The van der Waals surface area contributed by atoms with Crippen molar-refractivity contribution in [1.82, 2.24) is 4.72 Å². The van der Waals surface area contributed by atoms with E-state index >= 15 is 0 Å². The summed E-state index contributed by atoms with van der Waals surface area (Å²) in [5.41, 5.74) is 0. The van der Waals surface area contributed by atoms with Gasteiger partial charge in [0.25, 0.3) is 0 Å². The van der Waals surface area contributed by atoms with E-state index in [-0.39, 0.29) is 4.90 Å². The van der Waals surface area contributed by atoms with Gasteiger partial charge in [-0.05, 0) is 37.1 Å². The molecule has 0 aromatic heterocycles. The normalized spacial score (nSPS) is 11.4. The minimum absolute atomic E-state index is 0.240. The molecule has 0 fully saturated rings.